The van der Waals surface area contributed by atoms with Crippen LogP contribution in [0.5, 0.6) is 11.5 Å². The van der Waals surface area contributed by atoms with Crippen molar-refractivity contribution in [3.63, 3.8) is 0 Å². The number of nitrogens with zero attached hydrogens (tertiary/aromatic N) is 3. The molecule has 2 aliphatic rings. The van der Waals surface area contributed by atoms with Crippen molar-refractivity contribution in [3.05, 3.63) is 99.6 Å². The number of nitrogens with one attached hydrogen (secondary N) is 1. The minimum absolute atomic E-state index is 0.168. The average molecular weight is 537 g/mol. The summed E-state index contributed by atoms with van der Waals surface area (Å²) < 4.78 is 13.3. The number of rotatable bonds is 4. The summed E-state index contributed by atoms with van der Waals surface area (Å²) in [5.41, 5.74) is 5.91. The summed E-state index contributed by atoms with van der Waals surface area (Å²) in [4.78, 5) is 6.79. The summed E-state index contributed by atoms with van der Waals surface area (Å²) in [6.07, 6.45) is 1.80. The lowest BCUT2D eigenvalue weighted by molar-refractivity contribution is 0.174. The standard InChI is InChI=1S/C27H22Cl2N4O2S/c1-15-11-19(16(2)32(15)22-8-6-17(28)12-20(22)29)26-25(21-5-3-4-10-30-21)31-27(36)33(26)18-7-9-23-24(13-18)35-14-34-23/h3-13,25-26H,14H2,1-2H3,(H,31,36)/t25-,26+/m0/s1. The van der Waals surface area contributed by atoms with Gasteiger partial charge in [0.05, 0.1) is 28.5 Å². The lowest BCUT2D eigenvalue weighted by Gasteiger charge is -2.28. The first-order valence-corrected chi connectivity index (χ1v) is 12.6. The van der Waals surface area contributed by atoms with Gasteiger partial charge >= 0.3 is 0 Å². The second-order valence-corrected chi connectivity index (χ2v) is 10.0. The largest absolute Gasteiger partial charge is 0.454 e. The number of aromatic nitrogens is 2. The van der Waals surface area contributed by atoms with Crippen molar-refractivity contribution in [3.8, 4) is 17.2 Å². The van der Waals surface area contributed by atoms with Crippen molar-refractivity contribution in [1.29, 1.82) is 0 Å². The third kappa shape index (κ3) is 3.79. The average Bonchev–Trinajstić information content (AvgIpc) is 3.55. The molecule has 1 N–H and O–H groups in total. The van der Waals surface area contributed by atoms with Gasteiger partial charge < -0.3 is 24.3 Å². The Hall–Kier alpha value is -3.26. The Balaban J connectivity index is 1.52. The molecule has 0 aliphatic carbocycles. The Kier molecular flexibility index (Phi) is 5.79. The van der Waals surface area contributed by atoms with Crippen LogP contribution in [-0.2, 0) is 0 Å². The molecule has 4 aromatic rings. The molecule has 2 aliphatic heterocycles. The molecule has 36 heavy (non-hydrogen) atoms. The summed E-state index contributed by atoms with van der Waals surface area (Å²) in [6.45, 7) is 4.38. The molecule has 0 bridgehead atoms. The minimum Gasteiger partial charge on any atom is -0.454 e. The molecular formula is C27H22Cl2N4O2S. The van der Waals surface area contributed by atoms with Gasteiger partial charge in [0.25, 0.3) is 0 Å². The van der Waals surface area contributed by atoms with Crippen LogP contribution >= 0.6 is 35.4 Å². The molecule has 2 aromatic carbocycles. The van der Waals surface area contributed by atoms with E-state index < -0.39 is 0 Å². The lowest BCUT2D eigenvalue weighted by atomic mass is 9.96. The highest BCUT2D eigenvalue weighted by Gasteiger charge is 2.42. The maximum atomic E-state index is 6.62. The Morgan fingerprint density at radius 1 is 1.00 bits per heavy atom. The summed E-state index contributed by atoms with van der Waals surface area (Å²) in [5.74, 6) is 1.43. The van der Waals surface area contributed by atoms with Crippen LogP contribution in [0.3, 0.4) is 0 Å². The van der Waals surface area contributed by atoms with Gasteiger partial charge in [-0.15, -0.1) is 0 Å². The predicted octanol–water partition coefficient (Wildman–Crippen LogP) is 6.70. The fourth-order valence-corrected chi connectivity index (χ4v) is 5.94. The molecule has 182 valence electrons. The molecule has 0 radical (unpaired) electrons. The van der Waals surface area contributed by atoms with E-state index in [1.54, 1.807) is 12.3 Å². The fraction of sp³-hybridized carbons (Fsp3) is 0.185. The van der Waals surface area contributed by atoms with Gasteiger partial charge in [-0.05, 0) is 80.2 Å². The van der Waals surface area contributed by atoms with E-state index in [1.807, 2.05) is 48.5 Å². The molecular weight excluding hydrogens is 515 g/mol. The predicted molar refractivity (Wildman–Crippen MR) is 146 cm³/mol. The molecule has 0 unspecified atom stereocenters. The number of halogens is 2. The van der Waals surface area contributed by atoms with Gasteiger partial charge in [0, 0.05) is 34.4 Å². The van der Waals surface area contributed by atoms with Gasteiger partial charge in [0.15, 0.2) is 16.6 Å². The zero-order chi connectivity index (χ0) is 25.0. The second kappa shape index (κ2) is 9.00. The van der Waals surface area contributed by atoms with Gasteiger partial charge in [0.1, 0.15) is 0 Å². The van der Waals surface area contributed by atoms with Crippen LogP contribution in [-0.4, -0.2) is 21.5 Å². The highest BCUT2D eigenvalue weighted by molar-refractivity contribution is 7.80. The molecule has 0 amide bonds. The zero-order valence-corrected chi connectivity index (χ0v) is 21.9. The Morgan fingerprint density at radius 2 is 1.83 bits per heavy atom. The molecule has 0 spiro atoms. The maximum Gasteiger partial charge on any atom is 0.231 e. The van der Waals surface area contributed by atoms with E-state index in [0.29, 0.717) is 20.9 Å². The number of aryl methyl sites for hydroxylation is 1. The molecule has 0 saturated carbocycles. The highest BCUT2D eigenvalue weighted by atomic mass is 35.5. The van der Waals surface area contributed by atoms with Crippen LogP contribution in [0.4, 0.5) is 5.69 Å². The smallest absolute Gasteiger partial charge is 0.231 e. The number of hydrogen-bond acceptors (Lipinski definition) is 4. The van der Waals surface area contributed by atoms with Crippen LogP contribution in [0.15, 0.2) is 66.9 Å². The molecule has 1 saturated heterocycles. The van der Waals surface area contributed by atoms with Crippen molar-refractivity contribution >= 4 is 46.2 Å². The number of pyridine rings is 1. The molecule has 6 rings (SSSR count). The third-order valence-electron chi connectivity index (χ3n) is 6.67. The summed E-state index contributed by atoms with van der Waals surface area (Å²) in [5, 5.41) is 5.32. The monoisotopic (exact) mass is 536 g/mol. The number of benzene rings is 2. The summed E-state index contributed by atoms with van der Waals surface area (Å²) in [6, 6.07) is 19.2. The molecule has 4 heterocycles. The Morgan fingerprint density at radius 3 is 2.61 bits per heavy atom. The Bertz CT molecular complexity index is 1490. The van der Waals surface area contributed by atoms with Gasteiger partial charge in [-0.3, -0.25) is 4.98 Å². The fourth-order valence-electron chi connectivity index (χ4n) is 5.10. The van der Waals surface area contributed by atoms with Crippen LogP contribution in [0.2, 0.25) is 10.0 Å². The van der Waals surface area contributed by atoms with E-state index in [2.05, 4.69) is 39.7 Å². The minimum atomic E-state index is -0.168. The lowest BCUT2D eigenvalue weighted by Crippen LogP contribution is -2.29. The van der Waals surface area contributed by atoms with E-state index in [4.69, 9.17) is 44.9 Å². The first-order chi connectivity index (χ1) is 17.4. The van der Waals surface area contributed by atoms with Crippen molar-refractivity contribution in [2.24, 2.45) is 0 Å². The Labute approximate surface area is 224 Å². The van der Waals surface area contributed by atoms with Crippen molar-refractivity contribution in [1.82, 2.24) is 14.9 Å². The van der Waals surface area contributed by atoms with Gasteiger partial charge in [0.2, 0.25) is 6.79 Å². The van der Waals surface area contributed by atoms with Crippen molar-refractivity contribution < 1.29 is 9.47 Å². The maximum absolute atomic E-state index is 6.62. The topological polar surface area (TPSA) is 51.6 Å². The zero-order valence-electron chi connectivity index (χ0n) is 19.5. The second-order valence-electron chi connectivity index (χ2n) is 8.79. The first kappa shape index (κ1) is 23.2. The van der Waals surface area contributed by atoms with Crippen molar-refractivity contribution in [2.45, 2.75) is 25.9 Å². The van der Waals surface area contributed by atoms with Crippen LogP contribution in [0.25, 0.3) is 5.69 Å². The van der Waals surface area contributed by atoms with Crippen LogP contribution < -0.4 is 19.7 Å². The first-order valence-electron chi connectivity index (χ1n) is 11.5. The molecule has 1 fully saturated rings. The molecule has 9 heteroatoms. The van der Waals surface area contributed by atoms with Crippen LogP contribution in [0.1, 0.15) is 34.7 Å². The quantitative estimate of drug-likeness (QED) is 0.293. The van der Waals surface area contributed by atoms with E-state index >= 15 is 0 Å². The van der Waals surface area contributed by atoms with Gasteiger partial charge in [-0.2, -0.15) is 0 Å². The normalized spacial score (nSPS) is 18.6. The number of anilines is 1. The van der Waals surface area contributed by atoms with Gasteiger partial charge in [-0.25, -0.2) is 0 Å². The van der Waals surface area contributed by atoms with E-state index in [9.17, 15) is 0 Å². The number of thiocarbonyl (C=S) groups is 1. The molecule has 6 nitrogen and oxygen atoms in total. The van der Waals surface area contributed by atoms with Crippen molar-refractivity contribution in [2.75, 3.05) is 11.7 Å². The number of hydrogen-bond donors (Lipinski definition) is 1. The van der Waals surface area contributed by atoms with Crippen LogP contribution in [0, 0.1) is 13.8 Å². The third-order valence-corrected chi connectivity index (χ3v) is 7.52. The number of ether oxygens (including phenoxy) is 2. The number of fused-ring (bicyclic) bond motifs is 1. The summed E-state index contributed by atoms with van der Waals surface area (Å²) in [7, 11) is 0. The van der Waals surface area contributed by atoms with E-state index in [-0.39, 0.29) is 18.9 Å². The molecule has 2 atom stereocenters. The van der Waals surface area contributed by atoms with Gasteiger partial charge in [-0.1, -0.05) is 29.3 Å². The SMILES string of the molecule is Cc1cc([C@@H]2[C@H](c3ccccn3)NC(=S)N2c2ccc3c(c2)OCO3)c(C)n1-c1ccc(Cl)cc1Cl. The molecule has 2 aromatic heterocycles. The van der Waals surface area contributed by atoms with E-state index in [1.165, 1.54) is 0 Å². The van der Waals surface area contributed by atoms with E-state index in [0.717, 1.165) is 39.8 Å². The highest BCUT2D eigenvalue weighted by Crippen LogP contribution is 2.46. The summed E-state index contributed by atoms with van der Waals surface area (Å²) >= 11 is 18.7.